The molecular formula is C16H18BrNO2S. The van der Waals surface area contributed by atoms with Gasteiger partial charge in [0, 0.05) is 4.47 Å². The Morgan fingerprint density at radius 2 is 1.90 bits per heavy atom. The Morgan fingerprint density at radius 3 is 2.52 bits per heavy atom. The van der Waals surface area contributed by atoms with Crippen LogP contribution >= 0.6 is 27.3 Å². The Kier molecular flexibility index (Phi) is 4.52. The Morgan fingerprint density at radius 1 is 1.19 bits per heavy atom. The largest absolute Gasteiger partial charge is 0.486 e. The summed E-state index contributed by atoms with van der Waals surface area (Å²) in [5.41, 5.74) is 3.81. The monoisotopic (exact) mass is 367 g/mol. The lowest BCUT2D eigenvalue weighted by Crippen LogP contribution is -2.23. The minimum absolute atomic E-state index is 0.159. The lowest BCUT2D eigenvalue weighted by molar-refractivity contribution is 0.171. The van der Waals surface area contributed by atoms with Gasteiger partial charge in [-0.1, -0.05) is 22.9 Å². The molecule has 0 radical (unpaired) electrons. The Bertz CT molecular complexity index is 641. The van der Waals surface area contributed by atoms with Crippen LogP contribution in [0.1, 0.15) is 29.7 Å². The van der Waals surface area contributed by atoms with Crippen LogP contribution in [-0.2, 0) is 0 Å². The van der Waals surface area contributed by atoms with E-state index in [1.165, 1.54) is 16.7 Å². The molecule has 0 aliphatic carbocycles. The van der Waals surface area contributed by atoms with E-state index in [0.717, 1.165) is 22.5 Å². The Balaban J connectivity index is 2.05. The molecule has 0 bridgehead atoms. The molecule has 1 aliphatic rings. The van der Waals surface area contributed by atoms with Crippen molar-refractivity contribution in [2.45, 2.75) is 19.9 Å². The minimum Gasteiger partial charge on any atom is -0.486 e. The lowest BCUT2D eigenvalue weighted by atomic mass is 9.98. The zero-order chi connectivity index (χ0) is 14.8. The molecular weight excluding hydrogens is 350 g/mol. The van der Waals surface area contributed by atoms with Crippen molar-refractivity contribution >= 4 is 27.3 Å². The van der Waals surface area contributed by atoms with E-state index in [-0.39, 0.29) is 6.04 Å². The quantitative estimate of drug-likeness (QED) is 0.874. The first-order valence-corrected chi connectivity index (χ1v) is 8.79. The minimum atomic E-state index is 0.159. The molecule has 1 N–H and O–H groups in total. The van der Waals surface area contributed by atoms with Crippen molar-refractivity contribution in [3.63, 3.8) is 0 Å². The molecule has 2 aromatic rings. The van der Waals surface area contributed by atoms with Crippen molar-refractivity contribution in [3.8, 4) is 11.5 Å². The summed E-state index contributed by atoms with van der Waals surface area (Å²) in [7, 11) is 0. The van der Waals surface area contributed by atoms with E-state index in [0.29, 0.717) is 13.2 Å². The number of thiophene rings is 1. The lowest BCUT2D eigenvalue weighted by Gasteiger charge is -2.24. The molecule has 0 fully saturated rings. The summed E-state index contributed by atoms with van der Waals surface area (Å²) in [6.07, 6.45) is 0. The molecule has 3 nitrogen and oxygen atoms in total. The summed E-state index contributed by atoms with van der Waals surface area (Å²) in [5, 5.41) is 7.97. The van der Waals surface area contributed by atoms with Crippen LogP contribution in [0.2, 0.25) is 0 Å². The smallest absolute Gasteiger partial charge is 0.162 e. The van der Waals surface area contributed by atoms with E-state index < -0.39 is 0 Å². The first kappa shape index (κ1) is 14.9. The number of hydrogen-bond acceptors (Lipinski definition) is 4. The average Bonchev–Trinajstić information content (AvgIpc) is 2.90. The summed E-state index contributed by atoms with van der Waals surface area (Å²) >= 11 is 5.42. The number of aryl methyl sites for hydroxylation is 1. The van der Waals surface area contributed by atoms with Crippen LogP contribution in [0.4, 0.5) is 0 Å². The van der Waals surface area contributed by atoms with Gasteiger partial charge < -0.3 is 14.8 Å². The molecule has 1 atom stereocenters. The van der Waals surface area contributed by atoms with Crippen molar-refractivity contribution in [2.75, 3.05) is 19.8 Å². The van der Waals surface area contributed by atoms with E-state index in [1.807, 2.05) is 6.07 Å². The maximum absolute atomic E-state index is 5.72. The van der Waals surface area contributed by atoms with Gasteiger partial charge in [-0.25, -0.2) is 0 Å². The second-order valence-corrected chi connectivity index (χ2v) is 6.62. The highest BCUT2D eigenvalue weighted by Crippen LogP contribution is 2.40. The molecule has 112 valence electrons. The second-order valence-electron chi connectivity index (χ2n) is 5.02. The predicted molar refractivity (Wildman–Crippen MR) is 89.7 cm³/mol. The maximum atomic E-state index is 5.72. The van der Waals surface area contributed by atoms with Crippen LogP contribution in [0.3, 0.4) is 0 Å². The van der Waals surface area contributed by atoms with Gasteiger partial charge in [-0.15, -0.1) is 0 Å². The van der Waals surface area contributed by atoms with E-state index in [4.69, 9.17) is 9.47 Å². The SMILES string of the molecule is CCNC(c1cscc1C)c1cc2c(cc1Br)OCCO2. The summed E-state index contributed by atoms with van der Waals surface area (Å²) in [6.45, 7) is 6.40. The molecule has 0 saturated heterocycles. The van der Waals surface area contributed by atoms with Gasteiger partial charge in [-0.3, -0.25) is 0 Å². The van der Waals surface area contributed by atoms with Crippen LogP contribution in [0.25, 0.3) is 0 Å². The second kappa shape index (κ2) is 6.38. The molecule has 0 amide bonds. The van der Waals surface area contributed by atoms with Gasteiger partial charge in [-0.2, -0.15) is 11.3 Å². The molecule has 1 unspecified atom stereocenters. The van der Waals surface area contributed by atoms with Gasteiger partial charge in [0.2, 0.25) is 0 Å². The van der Waals surface area contributed by atoms with Gasteiger partial charge in [-0.05, 0) is 53.1 Å². The first-order chi connectivity index (χ1) is 10.2. The van der Waals surface area contributed by atoms with Gasteiger partial charge in [0.25, 0.3) is 0 Å². The standard InChI is InChI=1S/C16H18BrNO2S/c1-3-18-16(12-9-21-8-10(12)2)11-6-14-15(7-13(11)17)20-5-4-19-14/h6-9,16,18H,3-5H2,1-2H3. The molecule has 2 heterocycles. The summed E-state index contributed by atoms with van der Waals surface area (Å²) in [6, 6.07) is 4.25. The normalized spacial score (nSPS) is 15.0. The maximum Gasteiger partial charge on any atom is 0.162 e. The molecule has 1 aromatic heterocycles. The predicted octanol–water partition coefficient (Wildman–Crippen LogP) is 4.29. The summed E-state index contributed by atoms with van der Waals surface area (Å²) in [4.78, 5) is 0. The summed E-state index contributed by atoms with van der Waals surface area (Å²) < 4.78 is 12.4. The highest BCUT2D eigenvalue weighted by molar-refractivity contribution is 9.10. The third kappa shape index (κ3) is 2.96. The van der Waals surface area contributed by atoms with Gasteiger partial charge in [0.15, 0.2) is 11.5 Å². The topological polar surface area (TPSA) is 30.5 Å². The van der Waals surface area contributed by atoms with Crippen molar-refractivity contribution in [3.05, 3.63) is 44.1 Å². The molecule has 5 heteroatoms. The van der Waals surface area contributed by atoms with Gasteiger partial charge in [0.05, 0.1) is 6.04 Å². The van der Waals surface area contributed by atoms with E-state index in [9.17, 15) is 0 Å². The first-order valence-electron chi connectivity index (χ1n) is 7.05. The third-order valence-corrected chi connectivity index (χ3v) is 5.15. The van der Waals surface area contributed by atoms with Gasteiger partial charge >= 0.3 is 0 Å². The highest BCUT2D eigenvalue weighted by atomic mass is 79.9. The number of rotatable bonds is 4. The van der Waals surface area contributed by atoms with Crippen molar-refractivity contribution in [2.24, 2.45) is 0 Å². The number of halogens is 1. The average molecular weight is 368 g/mol. The summed E-state index contributed by atoms with van der Waals surface area (Å²) in [5.74, 6) is 1.64. The fourth-order valence-electron chi connectivity index (χ4n) is 2.56. The van der Waals surface area contributed by atoms with Crippen LogP contribution in [0.5, 0.6) is 11.5 Å². The zero-order valence-electron chi connectivity index (χ0n) is 12.1. The number of hydrogen-bond donors (Lipinski definition) is 1. The van der Waals surface area contributed by atoms with Crippen LogP contribution in [-0.4, -0.2) is 19.8 Å². The van der Waals surface area contributed by atoms with Crippen molar-refractivity contribution in [1.82, 2.24) is 5.32 Å². The van der Waals surface area contributed by atoms with Crippen LogP contribution < -0.4 is 14.8 Å². The molecule has 3 rings (SSSR count). The fraction of sp³-hybridized carbons (Fsp3) is 0.375. The zero-order valence-corrected chi connectivity index (χ0v) is 14.5. The van der Waals surface area contributed by atoms with Crippen molar-refractivity contribution < 1.29 is 9.47 Å². The number of nitrogens with one attached hydrogen (secondary N) is 1. The molecule has 1 aliphatic heterocycles. The third-order valence-electron chi connectivity index (χ3n) is 3.59. The van der Waals surface area contributed by atoms with Crippen LogP contribution in [0.15, 0.2) is 27.4 Å². The Labute approximate surface area is 137 Å². The number of fused-ring (bicyclic) bond motifs is 1. The molecule has 0 spiro atoms. The fourth-order valence-corrected chi connectivity index (χ4v) is 3.99. The molecule has 0 saturated carbocycles. The Hall–Kier alpha value is -1.04. The molecule has 21 heavy (non-hydrogen) atoms. The number of benzene rings is 1. The molecule has 1 aromatic carbocycles. The van der Waals surface area contributed by atoms with E-state index >= 15 is 0 Å². The van der Waals surface area contributed by atoms with Crippen molar-refractivity contribution in [1.29, 1.82) is 0 Å². The number of ether oxygens (including phenoxy) is 2. The van der Waals surface area contributed by atoms with Gasteiger partial charge in [0.1, 0.15) is 13.2 Å². The van der Waals surface area contributed by atoms with E-state index in [2.05, 4.69) is 51.9 Å². The van der Waals surface area contributed by atoms with Crippen LogP contribution in [0, 0.1) is 6.92 Å². The highest BCUT2D eigenvalue weighted by Gasteiger charge is 2.22. The van der Waals surface area contributed by atoms with E-state index in [1.54, 1.807) is 11.3 Å².